The van der Waals surface area contributed by atoms with Crippen LogP contribution >= 0.6 is 11.6 Å². The molecule has 1 rings (SSSR count). The fraction of sp³-hybridized carbons (Fsp3) is 0.500. The van der Waals surface area contributed by atoms with E-state index >= 15 is 0 Å². The SMILES string of the molecule is CC(C)(C)N(C[C@@H](N)Cc1cccc(Cl)c1)C(=O)O. The fourth-order valence-electron chi connectivity index (χ4n) is 1.90. The molecule has 0 heterocycles. The van der Waals surface area contributed by atoms with Gasteiger partial charge < -0.3 is 15.7 Å². The third kappa shape index (κ3) is 5.09. The lowest BCUT2D eigenvalue weighted by atomic mass is 10.0. The summed E-state index contributed by atoms with van der Waals surface area (Å²) in [6.45, 7) is 5.86. The monoisotopic (exact) mass is 284 g/mol. The van der Waals surface area contributed by atoms with Gasteiger partial charge in [0.1, 0.15) is 0 Å². The molecule has 0 unspecified atom stereocenters. The van der Waals surface area contributed by atoms with Crippen LogP contribution in [0.15, 0.2) is 24.3 Å². The highest BCUT2D eigenvalue weighted by molar-refractivity contribution is 6.30. The van der Waals surface area contributed by atoms with Gasteiger partial charge in [-0.2, -0.15) is 0 Å². The van der Waals surface area contributed by atoms with Crippen molar-refractivity contribution in [1.29, 1.82) is 0 Å². The first-order chi connectivity index (χ1) is 8.70. The van der Waals surface area contributed by atoms with Crippen molar-refractivity contribution in [2.45, 2.75) is 38.8 Å². The quantitative estimate of drug-likeness (QED) is 0.893. The number of hydrogen-bond acceptors (Lipinski definition) is 2. The normalized spacial score (nSPS) is 13.1. The molecule has 0 bridgehead atoms. The van der Waals surface area contributed by atoms with Crippen molar-refractivity contribution >= 4 is 17.7 Å². The van der Waals surface area contributed by atoms with Gasteiger partial charge in [-0.3, -0.25) is 0 Å². The predicted octanol–water partition coefficient (Wildman–Crippen LogP) is 2.99. The Morgan fingerprint density at radius 3 is 2.58 bits per heavy atom. The van der Waals surface area contributed by atoms with Crippen molar-refractivity contribution in [3.8, 4) is 0 Å². The van der Waals surface area contributed by atoms with E-state index in [4.69, 9.17) is 17.3 Å². The molecule has 0 aliphatic rings. The highest BCUT2D eigenvalue weighted by Gasteiger charge is 2.27. The van der Waals surface area contributed by atoms with Crippen LogP contribution in [0.2, 0.25) is 5.02 Å². The van der Waals surface area contributed by atoms with Crippen molar-refractivity contribution < 1.29 is 9.90 Å². The maximum absolute atomic E-state index is 11.2. The van der Waals surface area contributed by atoms with Gasteiger partial charge in [0, 0.05) is 23.1 Å². The summed E-state index contributed by atoms with van der Waals surface area (Å²) in [5, 5.41) is 9.88. The van der Waals surface area contributed by atoms with Crippen LogP contribution in [0.3, 0.4) is 0 Å². The molecule has 1 aromatic rings. The van der Waals surface area contributed by atoms with Crippen LogP contribution in [-0.2, 0) is 6.42 Å². The van der Waals surface area contributed by atoms with E-state index in [9.17, 15) is 9.90 Å². The largest absolute Gasteiger partial charge is 0.465 e. The van der Waals surface area contributed by atoms with Crippen molar-refractivity contribution in [1.82, 2.24) is 4.90 Å². The van der Waals surface area contributed by atoms with E-state index in [0.717, 1.165) is 5.56 Å². The van der Waals surface area contributed by atoms with Gasteiger partial charge >= 0.3 is 6.09 Å². The molecule has 1 aromatic carbocycles. The summed E-state index contributed by atoms with van der Waals surface area (Å²) < 4.78 is 0. The Bertz CT molecular complexity index is 443. The number of rotatable bonds is 4. The molecular formula is C14H21ClN2O2. The zero-order valence-corrected chi connectivity index (χ0v) is 12.3. The second-order valence-electron chi connectivity index (χ2n) is 5.66. The summed E-state index contributed by atoms with van der Waals surface area (Å²) in [6, 6.07) is 7.20. The summed E-state index contributed by atoms with van der Waals surface area (Å²) in [5.74, 6) is 0. The minimum Gasteiger partial charge on any atom is -0.465 e. The maximum Gasteiger partial charge on any atom is 0.407 e. The predicted molar refractivity (Wildman–Crippen MR) is 77.6 cm³/mol. The fourth-order valence-corrected chi connectivity index (χ4v) is 2.12. The molecular weight excluding hydrogens is 264 g/mol. The van der Waals surface area contributed by atoms with E-state index in [1.165, 1.54) is 4.90 Å². The van der Waals surface area contributed by atoms with Crippen LogP contribution in [0.4, 0.5) is 4.79 Å². The number of benzene rings is 1. The highest BCUT2D eigenvalue weighted by Crippen LogP contribution is 2.16. The van der Waals surface area contributed by atoms with Gasteiger partial charge in [-0.1, -0.05) is 23.7 Å². The molecule has 0 aliphatic heterocycles. The van der Waals surface area contributed by atoms with Gasteiger partial charge in [0.25, 0.3) is 0 Å². The molecule has 4 nitrogen and oxygen atoms in total. The van der Waals surface area contributed by atoms with Gasteiger partial charge in [-0.15, -0.1) is 0 Å². The number of amides is 1. The summed E-state index contributed by atoms with van der Waals surface area (Å²) in [4.78, 5) is 12.6. The second-order valence-corrected chi connectivity index (χ2v) is 6.09. The number of nitrogens with zero attached hydrogens (tertiary/aromatic N) is 1. The van der Waals surface area contributed by atoms with E-state index in [1.54, 1.807) is 6.07 Å². The standard InChI is InChI=1S/C14H21ClN2O2/c1-14(2,3)17(13(18)19)9-12(16)8-10-5-4-6-11(15)7-10/h4-7,12H,8-9,16H2,1-3H3,(H,18,19)/t12-/m0/s1. The lowest BCUT2D eigenvalue weighted by Crippen LogP contribution is -2.50. The maximum atomic E-state index is 11.2. The smallest absolute Gasteiger partial charge is 0.407 e. The average Bonchev–Trinajstić information content (AvgIpc) is 2.24. The zero-order chi connectivity index (χ0) is 14.6. The number of carbonyl (C=O) groups is 1. The molecule has 0 saturated carbocycles. The van der Waals surface area contributed by atoms with Gasteiger partial charge in [-0.25, -0.2) is 4.79 Å². The summed E-state index contributed by atoms with van der Waals surface area (Å²) in [7, 11) is 0. The Kier molecular flexibility index (Phi) is 5.20. The molecule has 1 atom stereocenters. The zero-order valence-electron chi connectivity index (χ0n) is 11.6. The van der Waals surface area contributed by atoms with E-state index in [0.29, 0.717) is 18.0 Å². The van der Waals surface area contributed by atoms with Crippen LogP contribution < -0.4 is 5.73 Å². The topological polar surface area (TPSA) is 66.6 Å². The number of carboxylic acid groups (broad SMARTS) is 1. The van der Waals surface area contributed by atoms with Gasteiger partial charge in [0.15, 0.2) is 0 Å². The van der Waals surface area contributed by atoms with Crippen LogP contribution in [-0.4, -0.2) is 34.2 Å². The van der Waals surface area contributed by atoms with E-state index in [1.807, 2.05) is 39.0 Å². The Labute approximate surface area is 119 Å². The third-order valence-electron chi connectivity index (χ3n) is 2.84. The molecule has 0 radical (unpaired) electrons. The minimum absolute atomic E-state index is 0.256. The van der Waals surface area contributed by atoms with E-state index in [2.05, 4.69) is 0 Å². The summed E-state index contributed by atoms with van der Waals surface area (Å²) >= 11 is 5.91. The molecule has 0 aromatic heterocycles. The minimum atomic E-state index is -0.950. The molecule has 106 valence electrons. The van der Waals surface area contributed by atoms with Crippen LogP contribution in [0.5, 0.6) is 0 Å². The molecule has 1 amide bonds. The summed E-state index contributed by atoms with van der Waals surface area (Å²) in [6.07, 6.45) is -0.352. The Balaban J connectivity index is 2.68. The Morgan fingerprint density at radius 1 is 1.47 bits per heavy atom. The number of hydrogen-bond donors (Lipinski definition) is 2. The first kappa shape index (κ1) is 15.8. The summed E-state index contributed by atoms with van der Waals surface area (Å²) in [5.41, 5.74) is 6.60. The highest BCUT2D eigenvalue weighted by atomic mass is 35.5. The van der Waals surface area contributed by atoms with Crippen molar-refractivity contribution in [2.24, 2.45) is 5.73 Å². The molecule has 0 aliphatic carbocycles. The molecule has 5 heteroatoms. The Morgan fingerprint density at radius 2 is 2.11 bits per heavy atom. The average molecular weight is 285 g/mol. The van der Waals surface area contributed by atoms with Crippen molar-refractivity contribution in [2.75, 3.05) is 6.54 Å². The molecule has 0 fully saturated rings. The lowest BCUT2D eigenvalue weighted by Gasteiger charge is -2.35. The van der Waals surface area contributed by atoms with E-state index in [-0.39, 0.29) is 6.04 Å². The van der Waals surface area contributed by atoms with Gasteiger partial charge in [0.05, 0.1) is 0 Å². The first-order valence-corrected chi connectivity index (χ1v) is 6.58. The molecule has 0 saturated heterocycles. The molecule has 19 heavy (non-hydrogen) atoms. The number of halogens is 1. The lowest BCUT2D eigenvalue weighted by molar-refractivity contribution is 0.0960. The molecule has 3 N–H and O–H groups in total. The van der Waals surface area contributed by atoms with Crippen molar-refractivity contribution in [3.05, 3.63) is 34.9 Å². The first-order valence-electron chi connectivity index (χ1n) is 6.20. The second kappa shape index (κ2) is 6.26. The Hall–Kier alpha value is -1.26. The van der Waals surface area contributed by atoms with Gasteiger partial charge in [-0.05, 0) is 44.9 Å². The van der Waals surface area contributed by atoms with Crippen molar-refractivity contribution in [3.63, 3.8) is 0 Å². The number of nitrogens with two attached hydrogens (primary N) is 1. The van der Waals surface area contributed by atoms with Crippen LogP contribution in [0.1, 0.15) is 26.3 Å². The van der Waals surface area contributed by atoms with E-state index < -0.39 is 11.6 Å². The third-order valence-corrected chi connectivity index (χ3v) is 3.08. The van der Waals surface area contributed by atoms with Gasteiger partial charge in [0.2, 0.25) is 0 Å². The van der Waals surface area contributed by atoms with Crippen LogP contribution in [0, 0.1) is 0 Å². The molecule has 0 spiro atoms. The van der Waals surface area contributed by atoms with Crippen LogP contribution in [0.25, 0.3) is 0 Å².